The summed E-state index contributed by atoms with van der Waals surface area (Å²) in [6, 6.07) is 11.0. The van der Waals surface area contributed by atoms with Gasteiger partial charge in [0.15, 0.2) is 0 Å². The largest absolute Gasteiger partial charge is 0.462 e. The van der Waals surface area contributed by atoms with Crippen LogP contribution in [0.25, 0.3) is 0 Å². The van der Waals surface area contributed by atoms with Gasteiger partial charge >= 0.3 is 5.97 Å². The summed E-state index contributed by atoms with van der Waals surface area (Å²) in [5.74, 6) is 1.47. The maximum Gasteiger partial charge on any atom is 0.309 e. The minimum Gasteiger partial charge on any atom is -0.462 e. The van der Waals surface area contributed by atoms with Crippen LogP contribution in [0.2, 0.25) is 0 Å². The van der Waals surface area contributed by atoms with E-state index in [1.165, 1.54) is 23.6 Å². The van der Waals surface area contributed by atoms with E-state index in [2.05, 4.69) is 37.3 Å². The average molecular weight is 420 g/mol. The SMILES string of the molecule is CCc1ccc([C@H]2CC[C@H](C(=O)OC3CCC(CC/C=C/C=CC#N)CC3)CC2)cc1. The van der Waals surface area contributed by atoms with Crippen molar-refractivity contribution in [3.63, 3.8) is 0 Å². The van der Waals surface area contributed by atoms with E-state index in [1.807, 2.05) is 12.1 Å². The molecule has 0 amide bonds. The van der Waals surface area contributed by atoms with E-state index in [4.69, 9.17) is 10.00 Å². The van der Waals surface area contributed by atoms with Crippen molar-refractivity contribution in [2.24, 2.45) is 11.8 Å². The number of rotatable bonds is 8. The highest BCUT2D eigenvalue weighted by atomic mass is 16.5. The van der Waals surface area contributed by atoms with Crippen LogP contribution in [0.3, 0.4) is 0 Å². The Balaban J connectivity index is 1.34. The molecule has 2 aliphatic carbocycles. The number of benzene rings is 1. The molecule has 0 atom stereocenters. The molecule has 0 saturated heterocycles. The highest BCUT2D eigenvalue weighted by molar-refractivity contribution is 5.72. The van der Waals surface area contributed by atoms with Crippen molar-refractivity contribution in [2.45, 2.75) is 89.6 Å². The third-order valence-corrected chi connectivity index (χ3v) is 7.16. The summed E-state index contributed by atoms with van der Waals surface area (Å²) >= 11 is 0. The average Bonchev–Trinajstić information content (AvgIpc) is 2.82. The van der Waals surface area contributed by atoms with Gasteiger partial charge in [-0.15, -0.1) is 0 Å². The smallest absolute Gasteiger partial charge is 0.309 e. The Labute approximate surface area is 188 Å². The van der Waals surface area contributed by atoms with E-state index in [9.17, 15) is 4.79 Å². The second-order valence-corrected chi connectivity index (χ2v) is 9.22. The van der Waals surface area contributed by atoms with Gasteiger partial charge < -0.3 is 4.74 Å². The minimum absolute atomic E-state index is 0.0513. The van der Waals surface area contributed by atoms with Gasteiger partial charge in [0, 0.05) is 6.08 Å². The van der Waals surface area contributed by atoms with E-state index in [0.29, 0.717) is 5.92 Å². The van der Waals surface area contributed by atoms with Gasteiger partial charge in [-0.3, -0.25) is 4.79 Å². The van der Waals surface area contributed by atoms with E-state index in [0.717, 1.165) is 70.1 Å². The van der Waals surface area contributed by atoms with E-state index < -0.39 is 0 Å². The molecule has 1 aromatic rings. The predicted octanol–water partition coefficient (Wildman–Crippen LogP) is 7.04. The zero-order valence-corrected chi connectivity index (χ0v) is 19.0. The van der Waals surface area contributed by atoms with Crippen LogP contribution >= 0.6 is 0 Å². The molecule has 2 aliphatic rings. The molecule has 2 fully saturated rings. The second-order valence-electron chi connectivity index (χ2n) is 9.22. The van der Waals surface area contributed by atoms with Crippen LogP contribution in [0.5, 0.6) is 0 Å². The van der Waals surface area contributed by atoms with Crippen LogP contribution in [0.1, 0.15) is 88.2 Å². The van der Waals surface area contributed by atoms with E-state index in [-0.39, 0.29) is 18.0 Å². The lowest BCUT2D eigenvalue weighted by molar-refractivity contribution is -0.157. The molecule has 0 N–H and O–H groups in total. The Hall–Kier alpha value is -2.34. The van der Waals surface area contributed by atoms with Crippen LogP contribution in [-0.4, -0.2) is 12.1 Å². The zero-order valence-electron chi connectivity index (χ0n) is 19.0. The van der Waals surface area contributed by atoms with Crippen molar-refractivity contribution < 1.29 is 9.53 Å². The first-order chi connectivity index (χ1) is 15.2. The molecule has 0 unspecified atom stereocenters. The Morgan fingerprint density at radius 1 is 1.03 bits per heavy atom. The molecule has 3 nitrogen and oxygen atoms in total. The van der Waals surface area contributed by atoms with Gasteiger partial charge in [-0.2, -0.15) is 5.26 Å². The second kappa shape index (κ2) is 12.5. The van der Waals surface area contributed by atoms with Crippen molar-refractivity contribution in [3.05, 3.63) is 59.7 Å². The maximum absolute atomic E-state index is 12.7. The first-order valence-corrected chi connectivity index (χ1v) is 12.2. The molecule has 31 heavy (non-hydrogen) atoms. The molecule has 0 bridgehead atoms. The number of nitrogens with zero attached hydrogens (tertiary/aromatic N) is 1. The van der Waals surface area contributed by atoms with Crippen molar-refractivity contribution in [1.82, 2.24) is 0 Å². The Morgan fingerprint density at radius 3 is 2.39 bits per heavy atom. The molecule has 0 heterocycles. The van der Waals surface area contributed by atoms with Crippen LogP contribution in [-0.2, 0) is 16.0 Å². The van der Waals surface area contributed by atoms with Crippen LogP contribution < -0.4 is 0 Å². The highest BCUT2D eigenvalue weighted by Gasteiger charge is 2.31. The lowest BCUT2D eigenvalue weighted by Gasteiger charge is -2.31. The number of esters is 1. The predicted molar refractivity (Wildman–Crippen MR) is 125 cm³/mol. The van der Waals surface area contributed by atoms with Gasteiger partial charge in [0.2, 0.25) is 0 Å². The first kappa shape index (κ1) is 23.3. The molecule has 166 valence electrons. The highest BCUT2D eigenvalue weighted by Crippen LogP contribution is 2.37. The van der Waals surface area contributed by atoms with Gasteiger partial charge in [-0.1, -0.05) is 49.4 Å². The maximum atomic E-state index is 12.7. The normalized spacial score (nSPS) is 26.7. The van der Waals surface area contributed by atoms with Crippen molar-refractivity contribution in [3.8, 4) is 6.07 Å². The summed E-state index contributed by atoms with van der Waals surface area (Å²) in [6.45, 7) is 2.19. The fourth-order valence-corrected chi connectivity index (χ4v) is 5.09. The number of carbonyl (C=O) groups excluding carboxylic acids is 1. The van der Waals surface area contributed by atoms with Crippen molar-refractivity contribution in [2.75, 3.05) is 0 Å². The Bertz CT molecular complexity index is 770. The molecular formula is C28H37NO2. The number of aryl methyl sites for hydroxylation is 1. The molecule has 0 aliphatic heterocycles. The monoisotopic (exact) mass is 419 g/mol. The molecule has 0 radical (unpaired) electrons. The lowest BCUT2D eigenvalue weighted by atomic mass is 9.78. The van der Waals surface area contributed by atoms with Crippen LogP contribution in [0.15, 0.2) is 48.6 Å². The topological polar surface area (TPSA) is 50.1 Å². The molecule has 1 aromatic carbocycles. The summed E-state index contributed by atoms with van der Waals surface area (Å²) in [5, 5.41) is 8.47. The van der Waals surface area contributed by atoms with E-state index in [1.54, 1.807) is 6.08 Å². The lowest BCUT2D eigenvalue weighted by Crippen LogP contribution is -2.29. The van der Waals surface area contributed by atoms with E-state index >= 15 is 0 Å². The standard InChI is InChI=1S/C28H37NO2/c1-2-22-9-13-24(14-10-22)25-15-17-26(18-16-25)28(30)31-27-19-11-23(12-20-27)8-6-4-3-5-7-21-29/h3-5,7,9-10,13-14,23,25-27H,2,6,8,11-12,15-20H2,1H3/b4-3+,7-5?/t23?,25-,26-,27?. The third-order valence-electron chi connectivity index (χ3n) is 7.16. The molecular weight excluding hydrogens is 382 g/mol. The van der Waals surface area contributed by atoms with Crippen molar-refractivity contribution in [1.29, 1.82) is 5.26 Å². The number of hydrogen-bond acceptors (Lipinski definition) is 3. The van der Waals surface area contributed by atoms with Gasteiger partial charge in [-0.25, -0.2) is 0 Å². The molecule has 0 spiro atoms. The summed E-state index contributed by atoms with van der Waals surface area (Å²) in [4.78, 5) is 12.7. The van der Waals surface area contributed by atoms with Gasteiger partial charge in [0.05, 0.1) is 12.0 Å². The Morgan fingerprint density at radius 2 is 1.74 bits per heavy atom. The zero-order chi connectivity index (χ0) is 21.9. The van der Waals surface area contributed by atoms with Gasteiger partial charge in [0.25, 0.3) is 0 Å². The molecule has 2 saturated carbocycles. The van der Waals surface area contributed by atoms with Crippen LogP contribution in [0, 0.1) is 23.2 Å². The molecule has 0 aromatic heterocycles. The summed E-state index contributed by atoms with van der Waals surface area (Å²) < 4.78 is 5.93. The number of nitriles is 1. The van der Waals surface area contributed by atoms with Crippen molar-refractivity contribution >= 4 is 5.97 Å². The number of ether oxygens (including phenoxy) is 1. The quantitative estimate of drug-likeness (QED) is 0.258. The number of allylic oxidation sites excluding steroid dienone is 4. The van der Waals surface area contributed by atoms with Crippen LogP contribution in [0.4, 0.5) is 0 Å². The Kier molecular flexibility index (Phi) is 9.40. The molecule has 3 heteroatoms. The van der Waals surface area contributed by atoms with Gasteiger partial charge in [-0.05, 0) is 93.6 Å². The summed E-state index contributed by atoms with van der Waals surface area (Å²) in [5.41, 5.74) is 2.82. The third kappa shape index (κ3) is 7.39. The molecule has 3 rings (SSSR count). The fraction of sp³-hybridized carbons (Fsp3) is 0.571. The van der Waals surface area contributed by atoms with Gasteiger partial charge in [0.1, 0.15) is 6.10 Å². The first-order valence-electron chi connectivity index (χ1n) is 12.2. The summed E-state index contributed by atoms with van der Waals surface area (Å²) in [6.07, 6.45) is 19.2. The minimum atomic E-state index is 0.0513. The number of hydrogen-bond donors (Lipinski definition) is 0. The number of carbonyl (C=O) groups is 1. The summed E-state index contributed by atoms with van der Waals surface area (Å²) in [7, 11) is 0. The fourth-order valence-electron chi connectivity index (χ4n) is 5.09.